The summed E-state index contributed by atoms with van der Waals surface area (Å²) in [7, 11) is 0. The number of amides is 2. The molecule has 0 spiro atoms. The molecule has 1 aliphatic heterocycles. The minimum atomic E-state index is -0.400. The van der Waals surface area contributed by atoms with E-state index in [2.05, 4.69) is 15.5 Å². The second kappa shape index (κ2) is 7.47. The van der Waals surface area contributed by atoms with Crippen molar-refractivity contribution in [2.45, 2.75) is 25.8 Å². The van der Waals surface area contributed by atoms with Crippen molar-refractivity contribution in [1.29, 1.82) is 0 Å². The van der Waals surface area contributed by atoms with Gasteiger partial charge >= 0.3 is 0 Å². The number of nitrogens with one attached hydrogen (secondary N) is 2. The fraction of sp³-hybridized carbons (Fsp3) is 0.333. The highest BCUT2D eigenvalue weighted by Gasteiger charge is 2.30. The van der Waals surface area contributed by atoms with Crippen LogP contribution in [0.2, 0.25) is 0 Å². The number of likely N-dealkylation sites (tertiary alicyclic amines) is 1. The molecule has 1 aromatic heterocycles. The third kappa shape index (κ3) is 4.14. The molecule has 8 heteroatoms. The Hall–Kier alpha value is -3.03. The van der Waals surface area contributed by atoms with E-state index in [-0.39, 0.29) is 41.4 Å². The molecule has 3 rings (SSSR count). The topological polar surface area (TPSA) is 95.2 Å². The summed E-state index contributed by atoms with van der Waals surface area (Å²) in [4.78, 5) is 37.2. The highest BCUT2D eigenvalue weighted by atomic mass is 19.1. The molecule has 0 bridgehead atoms. The first-order valence-electron chi connectivity index (χ1n) is 8.32. The van der Waals surface area contributed by atoms with Gasteiger partial charge in [0.05, 0.1) is 6.04 Å². The molecule has 136 valence electrons. The highest BCUT2D eigenvalue weighted by Crippen LogP contribution is 2.13. The summed E-state index contributed by atoms with van der Waals surface area (Å²) in [6.07, 6.45) is 0.845. The maximum Gasteiger partial charge on any atom is 0.269 e. The third-order valence-electron chi connectivity index (χ3n) is 4.32. The number of rotatable bonds is 6. The molecule has 1 saturated heterocycles. The van der Waals surface area contributed by atoms with Gasteiger partial charge in [-0.25, -0.2) is 4.39 Å². The minimum Gasteiger partial charge on any atom is -0.346 e. The quantitative estimate of drug-likeness (QED) is 0.762. The van der Waals surface area contributed by atoms with Crippen molar-refractivity contribution in [3.05, 3.63) is 53.1 Å². The van der Waals surface area contributed by atoms with Crippen LogP contribution in [0.3, 0.4) is 0 Å². The van der Waals surface area contributed by atoms with E-state index in [4.69, 9.17) is 0 Å². The number of benzene rings is 1. The van der Waals surface area contributed by atoms with Crippen molar-refractivity contribution in [2.24, 2.45) is 0 Å². The van der Waals surface area contributed by atoms with E-state index < -0.39 is 5.91 Å². The largest absolute Gasteiger partial charge is 0.346 e. The minimum absolute atomic E-state index is 0.0357. The Kier molecular flexibility index (Phi) is 5.11. The number of nitrogens with zero attached hydrogens (tertiary/aromatic N) is 2. The number of carbonyl (C=O) groups excluding carboxylic acids is 3. The zero-order chi connectivity index (χ0) is 18.7. The molecular weight excluding hydrogens is 339 g/mol. The number of hydrogen-bond donors (Lipinski definition) is 2. The molecule has 2 N–H and O–H groups in total. The van der Waals surface area contributed by atoms with Gasteiger partial charge in [-0.2, -0.15) is 5.10 Å². The molecule has 1 atom stereocenters. The Balaban J connectivity index is 1.52. The number of aromatic amines is 1. The van der Waals surface area contributed by atoms with Crippen molar-refractivity contribution >= 4 is 17.6 Å². The molecule has 7 nitrogen and oxygen atoms in total. The zero-order valence-corrected chi connectivity index (χ0v) is 14.3. The molecule has 0 unspecified atom stereocenters. The number of ketones is 1. The molecule has 0 aliphatic carbocycles. The Morgan fingerprint density at radius 1 is 1.35 bits per heavy atom. The van der Waals surface area contributed by atoms with Gasteiger partial charge in [-0.05, 0) is 30.2 Å². The monoisotopic (exact) mass is 358 g/mol. The molecule has 2 aromatic rings. The average molecular weight is 358 g/mol. The second-order valence-electron chi connectivity index (χ2n) is 6.31. The Morgan fingerprint density at radius 3 is 2.73 bits per heavy atom. The van der Waals surface area contributed by atoms with Gasteiger partial charge in [-0.1, -0.05) is 12.1 Å². The van der Waals surface area contributed by atoms with Crippen molar-refractivity contribution in [2.75, 3.05) is 13.1 Å². The van der Waals surface area contributed by atoms with Crippen molar-refractivity contribution in [1.82, 2.24) is 20.4 Å². The number of H-pyrrole nitrogens is 1. The van der Waals surface area contributed by atoms with Gasteiger partial charge in [0.2, 0.25) is 5.91 Å². The van der Waals surface area contributed by atoms with Crippen LogP contribution in [0, 0.1) is 5.82 Å². The van der Waals surface area contributed by atoms with Gasteiger partial charge in [0.15, 0.2) is 5.78 Å². The summed E-state index contributed by atoms with van der Waals surface area (Å²) < 4.78 is 12.9. The first kappa shape index (κ1) is 17.8. The van der Waals surface area contributed by atoms with Crippen LogP contribution >= 0.6 is 0 Å². The Labute approximate surface area is 149 Å². The molecule has 0 saturated carbocycles. The van der Waals surface area contributed by atoms with E-state index in [1.54, 1.807) is 17.0 Å². The summed E-state index contributed by atoms with van der Waals surface area (Å²) >= 11 is 0. The predicted octanol–water partition coefficient (Wildman–Crippen LogP) is 1.32. The third-order valence-corrected chi connectivity index (χ3v) is 4.32. The van der Waals surface area contributed by atoms with Gasteiger partial charge in [0.1, 0.15) is 17.2 Å². The number of hydrogen-bond acceptors (Lipinski definition) is 4. The number of carbonyl (C=O) groups is 3. The second-order valence-corrected chi connectivity index (χ2v) is 6.31. The van der Waals surface area contributed by atoms with E-state index >= 15 is 0 Å². The molecule has 2 heterocycles. The normalized spacial score (nSPS) is 16.8. The van der Waals surface area contributed by atoms with Crippen LogP contribution in [-0.2, 0) is 11.2 Å². The molecule has 1 fully saturated rings. The number of halogens is 1. The standard InChI is InChI=1S/C18H19FN4O3/c1-11(24)15-9-16(22-21-15)18(26)20-14-8-17(25)23(10-14)7-6-12-2-4-13(19)5-3-12/h2-5,9,14H,6-8,10H2,1H3,(H,20,26)(H,21,22)/t14-/m1/s1. The predicted molar refractivity (Wildman–Crippen MR) is 91.1 cm³/mol. The van der Waals surface area contributed by atoms with E-state index in [1.165, 1.54) is 25.1 Å². The van der Waals surface area contributed by atoms with Crippen LogP contribution < -0.4 is 5.32 Å². The van der Waals surface area contributed by atoms with Crippen molar-refractivity contribution in [3.8, 4) is 0 Å². The maximum atomic E-state index is 12.9. The lowest BCUT2D eigenvalue weighted by Crippen LogP contribution is -2.37. The summed E-state index contributed by atoms with van der Waals surface area (Å²) in [5.74, 6) is -0.960. The first-order valence-corrected chi connectivity index (χ1v) is 8.32. The van der Waals surface area contributed by atoms with Crippen LogP contribution in [0.5, 0.6) is 0 Å². The first-order chi connectivity index (χ1) is 12.4. The molecular formula is C18H19FN4O3. The molecule has 26 heavy (non-hydrogen) atoms. The van der Waals surface area contributed by atoms with Crippen LogP contribution in [-0.4, -0.2) is 51.8 Å². The van der Waals surface area contributed by atoms with Crippen molar-refractivity contribution in [3.63, 3.8) is 0 Å². The summed E-state index contributed by atoms with van der Waals surface area (Å²) in [6, 6.07) is 7.27. The zero-order valence-electron chi connectivity index (χ0n) is 14.3. The van der Waals surface area contributed by atoms with E-state index in [9.17, 15) is 18.8 Å². The fourth-order valence-electron chi connectivity index (χ4n) is 2.88. The molecule has 1 aliphatic rings. The Bertz CT molecular complexity index is 831. The summed E-state index contributed by atoms with van der Waals surface area (Å²) in [5, 5.41) is 9.07. The molecule has 1 aromatic carbocycles. The smallest absolute Gasteiger partial charge is 0.269 e. The lowest BCUT2D eigenvalue weighted by molar-refractivity contribution is -0.127. The number of aromatic nitrogens is 2. The van der Waals surface area contributed by atoms with Gasteiger partial charge in [0, 0.05) is 26.4 Å². The van der Waals surface area contributed by atoms with Gasteiger partial charge < -0.3 is 10.2 Å². The molecule has 2 amide bonds. The van der Waals surface area contributed by atoms with Crippen LogP contribution in [0.25, 0.3) is 0 Å². The SMILES string of the molecule is CC(=O)c1cc(C(=O)N[C@@H]2CC(=O)N(CCc3ccc(F)cc3)C2)[nH]n1. The maximum absolute atomic E-state index is 12.9. The summed E-state index contributed by atoms with van der Waals surface area (Å²) in [6.45, 7) is 2.29. The van der Waals surface area contributed by atoms with E-state index in [1.807, 2.05) is 0 Å². The van der Waals surface area contributed by atoms with Gasteiger partial charge in [0.25, 0.3) is 5.91 Å². The fourth-order valence-corrected chi connectivity index (χ4v) is 2.88. The Morgan fingerprint density at radius 2 is 2.08 bits per heavy atom. The van der Waals surface area contributed by atoms with Gasteiger partial charge in [-0.3, -0.25) is 19.5 Å². The van der Waals surface area contributed by atoms with Crippen LogP contribution in [0.1, 0.15) is 39.9 Å². The highest BCUT2D eigenvalue weighted by molar-refractivity contribution is 5.98. The molecule has 0 radical (unpaired) electrons. The van der Waals surface area contributed by atoms with Crippen molar-refractivity contribution < 1.29 is 18.8 Å². The van der Waals surface area contributed by atoms with E-state index in [0.29, 0.717) is 19.5 Å². The lowest BCUT2D eigenvalue weighted by atomic mass is 10.1. The average Bonchev–Trinajstić information content (AvgIpc) is 3.22. The lowest BCUT2D eigenvalue weighted by Gasteiger charge is -2.17. The van der Waals surface area contributed by atoms with E-state index in [0.717, 1.165) is 5.56 Å². The summed E-state index contributed by atoms with van der Waals surface area (Å²) in [5.41, 5.74) is 1.33. The van der Waals surface area contributed by atoms with Gasteiger partial charge in [-0.15, -0.1) is 0 Å². The van der Waals surface area contributed by atoms with Crippen LogP contribution in [0.15, 0.2) is 30.3 Å². The van der Waals surface area contributed by atoms with Crippen LogP contribution in [0.4, 0.5) is 4.39 Å². The number of Topliss-reactive ketones (excluding diaryl/α,β-unsaturated/α-hetero) is 1.